The maximum Gasteiger partial charge on any atom is 0.264 e. The summed E-state index contributed by atoms with van der Waals surface area (Å²) in [7, 11) is -4.03. The molecule has 9 nitrogen and oxygen atoms in total. The van der Waals surface area contributed by atoms with E-state index in [1.807, 2.05) is 37.5 Å². The molecule has 0 aliphatic carbocycles. The number of nitrogens with zero attached hydrogens (tertiary/aromatic N) is 4. The summed E-state index contributed by atoms with van der Waals surface area (Å²) in [6, 6.07) is 13.4. The van der Waals surface area contributed by atoms with E-state index in [9.17, 15) is 8.42 Å². The van der Waals surface area contributed by atoms with E-state index in [4.69, 9.17) is 24.4 Å². The maximum atomic E-state index is 14.0. The van der Waals surface area contributed by atoms with Crippen LogP contribution in [0.1, 0.15) is 105 Å². The Labute approximate surface area is 291 Å². The number of aryl methyl sites for hydroxylation is 1. The molecule has 2 aliphatic rings. The molecule has 1 unspecified atom stereocenters. The minimum Gasteiger partial charge on any atom is -0.477 e. The zero-order valence-corrected chi connectivity index (χ0v) is 30.6. The molecule has 4 aromatic rings. The summed E-state index contributed by atoms with van der Waals surface area (Å²) in [6.07, 6.45) is 7.11. The number of hydrogen-bond acceptors (Lipinski definition) is 8. The molecule has 0 amide bonds. The van der Waals surface area contributed by atoms with Gasteiger partial charge in [-0.1, -0.05) is 65.0 Å². The Kier molecular flexibility index (Phi) is 10.1. The van der Waals surface area contributed by atoms with Gasteiger partial charge in [0.2, 0.25) is 11.8 Å². The Morgan fingerprint density at radius 2 is 1.73 bits per heavy atom. The highest BCUT2D eigenvalue weighted by Crippen LogP contribution is 2.40. The molecule has 0 saturated carbocycles. The van der Waals surface area contributed by atoms with Crippen molar-refractivity contribution in [2.24, 2.45) is 11.3 Å². The third kappa shape index (κ3) is 7.96. The van der Waals surface area contributed by atoms with Crippen LogP contribution in [0.3, 0.4) is 0 Å². The summed E-state index contributed by atoms with van der Waals surface area (Å²) in [5.41, 5.74) is 7.35. The maximum absolute atomic E-state index is 14.0. The van der Waals surface area contributed by atoms with Gasteiger partial charge in [0.05, 0.1) is 28.6 Å². The van der Waals surface area contributed by atoms with E-state index >= 15 is 0 Å². The van der Waals surface area contributed by atoms with E-state index in [0.29, 0.717) is 30.5 Å². The largest absolute Gasteiger partial charge is 0.477 e. The van der Waals surface area contributed by atoms with Crippen LogP contribution in [0.25, 0.3) is 11.3 Å². The van der Waals surface area contributed by atoms with Crippen LogP contribution in [-0.2, 0) is 21.2 Å². The Balaban J connectivity index is 1.45. The Bertz CT molecular complexity index is 1900. The Morgan fingerprint density at radius 1 is 0.980 bits per heavy atom. The molecule has 2 aliphatic heterocycles. The van der Waals surface area contributed by atoms with Crippen LogP contribution in [0, 0.1) is 25.2 Å². The van der Waals surface area contributed by atoms with Crippen molar-refractivity contribution in [3.05, 3.63) is 88.5 Å². The summed E-state index contributed by atoms with van der Waals surface area (Å²) in [5.74, 6) is 0.866. The van der Waals surface area contributed by atoms with Crippen LogP contribution >= 0.6 is 0 Å². The van der Waals surface area contributed by atoms with Crippen LogP contribution in [0.2, 0.25) is 0 Å². The monoisotopic (exact) mass is 683 g/mol. The van der Waals surface area contributed by atoms with Crippen molar-refractivity contribution in [2.75, 3.05) is 24.5 Å². The predicted molar refractivity (Wildman–Crippen MR) is 193 cm³/mol. The van der Waals surface area contributed by atoms with Gasteiger partial charge in [0.25, 0.3) is 10.0 Å². The molecule has 260 valence electrons. The lowest BCUT2D eigenvalue weighted by Gasteiger charge is -2.33. The highest BCUT2D eigenvalue weighted by Gasteiger charge is 2.32. The van der Waals surface area contributed by atoms with Crippen molar-refractivity contribution in [2.45, 2.75) is 96.8 Å². The van der Waals surface area contributed by atoms with Gasteiger partial charge >= 0.3 is 0 Å². The first-order chi connectivity index (χ1) is 23.3. The second-order valence-corrected chi connectivity index (χ2v) is 16.8. The molecule has 1 N–H and O–H groups in total. The topological polar surface area (TPSA) is 116 Å². The first-order valence-corrected chi connectivity index (χ1v) is 18.9. The lowest BCUT2D eigenvalue weighted by Crippen LogP contribution is -2.28. The number of nitrogens with one attached hydrogen (secondary N) is 1. The van der Waals surface area contributed by atoms with Gasteiger partial charge in [-0.05, 0) is 85.6 Å². The smallest absolute Gasteiger partial charge is 0.264 e. The van der Waals surface area contributed by atoms with Crippen LogP contribution in [-0.4, -0.2) is 48.2 Å². The number of ether oxygens (including phenoxy) is 2. The zero-order valence-electron chi connectivity index (χ0n) is 29.8. The first-order valence-electron chi connectivity index (χ1n) is 17.4. The van der Waals surface area contributed by atoms with Gasteiger partial charge in [0.1, 0.15) is 0 Å². The second-order valence-electron chi connectivity index (χ2n) is 15.2. The number of sulfonamides is 1. The van der Waals surface area contributed by atoms with E-state index in [1.54, 1.807) is 12.1 Å². The molecular formula is C39H49N5O4S. The fraction of sp³-hybridized carbons (Fsp3) is 0.487. The zero-order chi connectivity index (χ0) is 34.9. The summed E-state index contributed by atoms with van der Waals surface area (Å²) < 4.78 is 42.8. The molecule has 6 rings (SSSR count). The molecule has 4 bridgehead atoms. The number of benzene rings is 2. The minimum absolute atomic E-state index is 0.00765. The number of hydrogen-bond donors (Lipinski definition) is 1. The SMILES string of the molecule is Cc1cccc(C(C)C)c1-c1nc2nc(c1C)OC[C@@H](CC(C)(C)C)C(Cc1cnc(C3CCOCC3)cn1)c1cccc(c1)S(=O)(=O)N2. The van der Waals surface area contributed by atoms with Gasteiger partial charge in [-0.15, -0.1) is 0 Å². The predicted octanol–water partition coefficient (Wildman–Crippen LogP) is 8.14. The lowest BCUT2D eigenvalue weighted by molar-refractivity contribution is 0.0844. The Hall–Kier alpha value is -3.89. The van der Waals surface area contributed by atoms with E-state index < -0.39 is 10.0 Å². The molecular weight excluding hydrogens is 635 g/mol. The molecule has 4 heterocycles. The Morgan fingerprint density at radius 3 is 2.43 bits per heavy atom. The number of anilines is 1. The number of aromatic nitrogens is 4. The normalized spacial score (nSPS) is 19.8. The highest BCUT2D eigenvalue weighted by molar-refractivity contribution is 7.92. The van der Waals surface area contributed by atoms with Crippen molar-refractivity contribution in [3.8, 4) is 17.1 Å². The quantitative estimate of drug-likeness (QED) is 0.217. The van der Waals surface area contributed by atoms with Gasteiger partial charge in [0, 0.05) is 48.6 Å². The van der Waals surface area contributed by atoms with E-state index in [-0.39, 0.29) is 34.0 Å². The minimum atomic E-state index is -4.03. The molecule has 2 aromatic heterocycles. The average molecular weight is 684 g/mol. The van der Waals surface area contributed by atoms with Crippen LogP contribution < -0.4 is 9.46 Å². The van der Waals surface area contributed by atoms with Crippen molar-refractivity contribution in [3.63, 3.8) is 0 Å². The van der Waals surface area contributed by atoms with Gasteiger partial charge < -0.3 is 9.47 Å². The van der Waals surface area contributed by atoms with Crippen molar-refractivity contribution in [1.82, 2.24) is 19.9 Å². The highest BCUT2D eigenvalue weighted by atomic mass is 32.2. The summed E-state index contributed by atoms with van der Waals surface area (Å²) in [4.78, 5) is 19.4. The van der Waals surface area contributed by atoms with Crippen molar-refractivity contribution >= 4 is 16.0 Å². The van der Waals surface area contributed by atoms with E-state index in [2.05, 4.69) is 63.4 Å². The van der Waals surface area contributed by atoms with Gasteiger partial charge in [-0.25, -0.2) is 18.1 Å². The first kappa shape index (κ1) is 35.0. The van der Waals surface area contributed by atoms with Crippen molar-refractivity contribution < 1.29 is 17.9 Å². The molecule has 0 radical (unpaired) electrons. The third-order valence-electron chi connectivity index (χ3n) is 9.76. The summed E-state index contributed by atoms with van der Waals surface area (Å²) in [6.45, 7) is 16.9. The van der Waals surface area contributed by atoms with E-state index in [1.165, 1.54) is 0 Å². The third-order valence-corrected chi connectivity index (χ3v) is 11.1. The standard InChI is InChI=1S/C39H49N5O4S/c1-24(2)32-13-8-10-25(3)35(32)36-26(4)37-43-38(42-36)44-49(45,46)31-12-9-11-28(18-31)33(29(23-48-37)20-39(5,6)7)19-30-21-41-34(22-40-30)27-14-16-47-17-15-27/h8-13,18,21-22,24,27,29,33H,14-17,19-20,23H2,1-7H3,(H,42,43,44)/t29-,33?/m1/s1. The molecule has 1 saturated heterocycles. The molecule has 1 fully saturated rings. The lowest BCUT2D eigenvalue weighted by atomic mass is 9.74. The molecule has 2 aromatic carbocycles. The summed E-state index contributed by atoms with van der Waals surface area (Å²) >= 11 is 0. The van der Waals surface area contributed by atoms with E-state index in [0.717, 1.165) is 71.7 Å². The average Bonchev–Trinajstić information content (AvgIpc) is 3.06. The van der Waals surface area contributed by atoms with Crippen LogP contribution in [0.4, 0.5) is 5.95 Å². The number of rotatable bonds is 6. The molecule has 0 spiro atoms. The fourth-order valence-corrected chi connectivity index (χ4v) is 8.26. The molecule has 2 atom stereocenters. The summed E-state index contributed by atoms with van der Waals surface area (Å²) in [5, 5.41) is 0. The fourth-order valence-electron chi connectivity index (χ4n) is 7.26. The second kappa shape index (κ2) is 14.2. The van der Waals surface area contributed by atoms with Crippen molar-refractivity contribution in [1.29, 1.82) is 0 Å². The van der Waals surface area contributed by atoms with Gasteiger partial charge in [0.15, 0.2) is 0 Å². The molecule has 49 heavy (non-hydrogen) atoms. The van der Waals surface area contributed by atoms with Gasteiger partial charge in [-0.2, -0.15) is 4.98 Å². The van der Waals surface area contributed by atoms with Crippen LogP contribution in [0.5, 0.6) is 5.88 Å². The van der Waals surface area contributed by atoms with Crippen LogP contribution in [0.15, 0.2) is 59.8 Å². The molecule has 10 heteroatoms. The number of fused-ring (bicyclic) bond motifs is 4. The van der Waals surface area contributed by atoms with Gasteiger partial charge in [-0.3, -0.25) is 9.97 Å².